The Morgan fingerprint density at radius 3 is 2.81 bits per heavy atom. The van der Waals surface area contributed by atoms with Gasteiger partial charge in [0.25, 0.3) is 5.91 Å². The number of nitrogens with zero attached hydrogens (tertiary/aromatic N) is 5. The van der Waals surface area contributed by atoms with E-state index in [4.69, 9.17) is 0 Å². The average molecular weight is 431 g/mol. The van der Waals surface area contributed by atoms with Crippen molar-refractivity contribution >= 4 is 17.1 Å². The van der Waals surface area contributed by atoms with Crippen molar-refractivity contribution in [2.75, 3.05) is 13.1 Å². The topological polar surface area (TPSA) is 73.0 Å². The van der Waals surface area contributed by atoms with Crippen molar-refractivity contribution in [2.24, 2.45) is 0 Å². The van der Waals surface area contributed by atoms with E-state index < -0.39 is 0 Å². The van der Waals surface area contributed by atoms with Gasteiger partial charge >= 0.3 is 5.69 Å². The lowest BCUT2D eigenvalue weighted by atomic mass is 10.0. The van der Waals surface area contributed by atoms with Crippen LogP contribution in [0, 0.1) is 5.82 Å². The summed E-state index contributed by atoms with van der Waals surface area (Å²) in [6, 6.07) is 13.2. The molecular formula is C24H22FN5O2. The number of imidazole rings is 1. The number of hydrogen-bond donors (Lipinski definition) is 0. The van der Waals surface area contributed by atoms with Crippen molar-refractivity contribution in [1.82, 2.24) is 24.0 Å². The van der Waals surface area contributed by atoms with E-state index in [0.717, 1.165) is 12.8 Å². The zero-order valence-electron chi connectivity index (χ0n) is 17.4. The van der Waals surface area contributed by atoms with Crippen LogP contribution in [0.15, 0.2) is 71.9 Å². The molecule has 5 rings (SSSR count). The van der Waals surface area contributed by atoms with Crippen LogP contribution in [0.4, 0.5) is 4.39 Å². The third-order valence-electron chi connectivity index (χ3n) is 5.91. The number of piperidine rings is 1. The molecule has 0 unspecified atom stereocenters. The highest BCUT2D eigenvalue weighted by Gasteiger charge is 2.29. The number of carbonyl (C=O) groups excluding carboxylic acids is 1. The molecule has 1 amide bonds. The van der Waals surface area contributed by atoms with Crippen molar-refractivity contribution in [2.45, 2.75) is 25.4 Å². The van der Waals surface area contributed by atoms with Gasteiger partial charge in [-0.05, 0) is 54.8 Å². The minimum atomic E-state index is -0.339. The van der Waals surface area contributed by atoms with Gasteiger partial charge in [-0.1, -0.05) is 12.1 Å². The number of likely N-dealkylation sites (tertiary alicyclic amines) is 1. The molecule has 1 saturated heterocycles. The van der Waals surface area contributed by atoms with Crippen LogP contribution in [0.1, 0.15) is 34.8 Å². The van der Waals surface area contributed by atoms with Crippen molar-refractivity contribution in [3.05, 3.63) is 94.5 Å². The number of fused-ring (bicyclic) bond motifs is 1. The Hall–Kier alpha value is -3.81. The third-order valence-corrected chi connectivity index (χ3v) is 5.91. The second-order valence-electron chi connectivity index (χ2n) is 8.00. The number of amides is 1. The molecule has 1 aromatic carbocycles. The Kier molecular flexibility index (Phi) is 5.26. The minimum absolute atomic E-state index is 0.0905. The highest BCUT2D eigenvalue weighted by molar-refractivity contribution is 5.94. The van der Waals surface area contributed by atoms with Crippen molar-refractivity contribution in [1.29, 1.82) is 0 Å². The zero-order chi connectivity index (χ0) is 22.1. The number of pyridine rings is 2. The van der Waals surface area contributed by atoms with Crippen LogP contribution in [-0.4, -0.2) is 43.0 Å². The van der Waals surface area contributed by atoms with Gasteiger partial charge in [0.2, 0.25) is 0 Å². The summed E-state index contributed by atoms with van der Waals surface area (Å²) in [4.78, 5) is 36.7. The van der Waals surface area contributed by atoms with Gasteiger partial charge < -0.3 is 4.90 Å². The maximum Gasteiger partial charge on any atom is 0.330 e. The molecule has 1 aliphatic heterocycles. The summed E-state index contributed by atoms with van der Waals surface area (Å²) in [6.07, 6.45) is 6.41. The van der Waals surface area contributed by atoms with Crippen LogP contribution in [-0.2, 0) is 6.54 Å². The van der Waals surface area contributed by atoms with Gasteiger partial charge in [-0.2, -0.15) is 0 Å². The van der Waals surface area contributed by atoms with E-state index in [1.54, 1.807) is 63.0 Å². The first-order valence-corrected chi connectivity index (χ1v) is 10.6. The first-order chi connectivity index (χ1) is 15.6. The molecule has 32 heavy (non-hydrogen) atoms. The van der Waals surface area contributed by atoms with Crippen LogP contribution >= 0.6 is 0 Å². The monoisotopic (exact) mass is 431 g/mol. The molecular weight excluding hydrogens is 409 g/mol. The summed E-state index contributed by atoms with van der Waals surface area (Å²) in [5, 5.41) is 0. The van der Waals surface area contributed by atoms with Gasteiger partial charge in [-0.15, -0.1) is 0 Å². The molecule has 0 radical (unpaired) electrons. The Balaban J connectivity index is 1.51. The van der Waals surface area contributed by atoms with Gasteiger partial charge in [0, 0.05) is 31.7 Å². The molecule has 1 atom stereocenters. The minimum Gasteiger partial charge on any atom is -0.337 e. The quantitative estimate of drug-likeness (QED) is 0.497. The summed E-state index contributed by atoms with van der Waals surface area (Å²) in [6.45, 7) is 1.30. The van der Waals surface area contributed by atoms with E-state index in [0.29, 0.717) is 35.4 Å². The Labute approximate surface area is 183 Å². The highest BCUT2D eigenvalue weighted by Crippen LogP contribution is 2.25. The van der Waals surface area contributed by atoms with Gasteiger partial charge in [0.05, 0.1) is 23.7 Å². The fourth-order valence-electron chi connectivity index (χ4n) is 4.43. The lowest BCUT2D eigenvalue weighted by Gasteiger charge is -2.33. The highest BCUT2D eigenvalue weighted by atomic mass is 19.1. The molecule has 1 fully saturated rings. The van der Waals surface area contributed by atoms with Crippen LogP contribution in [0.3, 0.4) is 0 Å². The Morgan fingerprint density at radius 2 is 2.00 bits per heavy atom. The normalized spacial score (nSPS) is 16.4. The molecule has 4 heterocycles. The van der Waals surface area contributed by atoms with Gasteiger partial charge in [-0.3, -0.25) is 18.9 Å². The number of aromatic nitrogens is 4. The number of halogens is 1. The smallest absolute Gasteiger partial charge is 0.330 e. The van der Waals surface area contributed by atoms with Crippen molar-refractivity contribution in [3.8, 4) is 0 Å². The third kappa shape index (κ3) is 3.68. The maximum atomic E-state index is 13.7. The first kappa shape index (κ1) is 20.1. The second-order valence-corrected chi connectivity index (χ2v) is 8.00. The van der Waals surface area contributed by atoms with E-state index in [1.807, 2.05) is 6.07 Å². The molecule has 7 nitrogen and oxygen atoms in total. The molecule has 4 aromatic rings. The molecule has 0 aliphatic carbocycles. The lowest BCUT2D eigenvalue weighted by Crippen LogP contribution is -2.43. The van der Waals surface area contributed by atoms with Crippen LogP contribution in [0.25, 0.3) is 11.2 Å². The fraction of sp³-hybridized carbons (Fsp3) is 0.250. The predicted octanol–water partition coefficient (Wildman–Crippen LogP) is 3.26. The van der Waals surface area contributed by atoms with Crippen molar-refractivity contribution in [3.63, 3.8) is 0 Å². The largest absolute Gasteiger partial charge is 0.337 e. The second kappa shape index (κ2) is 8.37. The Morgan fingerprint density at radius 1 is 1.12 bits per heavy atom. The van der Waals surface area contributed by atoms with Gasteiger partial charge in [0.15, 0.2) is 5.65 Å². The standard InChI is InChI=1S/C24H22FN5O2/c25-19-7-1-5-17(13-19)15-29-21-9-3-11-27-22(21)30(24(29)32)20-8-4-12-28(16-20)23(31)18-6-2-10-26-14-18/h1-3,5-7,9-11,13-14,20H,4,8,12,15-16H2/t20-/m0/s1. The van der Waals surface area contributed by atoms with E-state index >= 15 is 0 Å². The molecule has 3 aromatic heterocycles. The molecule has 8 heteroatoms. The van der Waals surface area contributed by atoms with Crippen LogP contribution in [0.2, 0.25) is 0 Å². The molecule has 0 bridgehead atoms. The zero-order valence-corrected chi connectivity index (χ0v) is 17.4. The SMILES string of the molecule is O=C(c1cccnc1)N1CCC[C@H](n2c(=O)n(Cc3cccc(F)c3)c3cccnc32)C1. The van der Waals surface area contributed by atoms with E-state index in [2.05, 4.69) is 9.97 Å². The predicted molar refractivity (Wildman–Crippen MR) is 118 cm³/mol. The number of benzene rings is 1. The number of carbonyl (C=O) groups is 1. The Bertz CT molecular complexity index is 1330. The summed E-state index contributed by atoms with van der Waals surface area (Å²) >= 11 is 0. The van der Waals surface area contributed by atoms with Crippen LogP contribution < -0.4 is 5.69 Å². The van der Waals surface area contributed by atoms with Crippen LogP contribution in [0.5, 0.6) is 0 Å². The van der Waals surface area contributed by atoms with Gasteiger partial charge in [-0.25, -0.2) is 14.2 Å². The molecule has 0 saturated carbocycles. The maximum absolute atomic E-state index is 13.7. The van der Waals surface area contributed by atoms with Gasteiger partial charge in [0.1, 0.15) is 5.82 Å². The van der Waals surface area contributed by atoms with E-state index in [1.165, 1.54) is 12.1 Å². The fourth-order valence-corrected chi connectivity index (χ4v) is 4.43. The molecule has 162 valence electrons. The van der Waals surface area contributed by atoms with E-state index in [-0.39, 0.29) is 30.0 Å². The molecule has 1 aliphatic rings. The first-order valence-electron chi connectivity index (χ1n) is 10.6. The van der Waals surface area contributed by atoms with Crippen molar-refractivity contribution < 1.29 is 9.18 Å². The summed E-state index contributed by atoms with van der Waals surface area (Å²) < 4.78 is 17.0. The molecule has 0 spiro atoms. The average Bonchev–Trinajstić information content (AvgIpc) is 3.10. The number of rotatable bonds is 4. The van der Waals surface area contributed by atoms with E-state index in [9.17, 15) is 14.0 Å². The lowest BCUT2D eigenvalue weighted by molar-refractivity contribution is 0.0678. The number of hydrogen-bond acceptors (Lipinski definition) is 4. The summed E-state index contributed by atoms with van der Waals surface area (Å²) in [5.41, 5.74) is 2.30. The molecule has 0 N–H and O–H groups in total. The summed E-state index contributed by atoms with van der Waals surface area (Å²) in [7, 11) is 0. The summed E-state index contributed by atoms with van der Waals surface area (Å²) in [5.74, 6) is -0.429.